The Kier molecular flexibility index (Phi) is 7.66. The van der Waals surface area contributed by atoms with Crippen molar-refractivity contribution >= 4 is 50.4 Å². The van der Waals surface area contributed by atoms with Crippen LogP contribution < -0.4 is 9.62 Å². The molecule has 1 heterocycles. The summed E-state index contributed by atoms with van der Waals surface area (Å²) in [6.45, 7) is -0.447. The van der Waals surface area contributed by atoms with E-state index in [1.54, 1.807) is 35.3 Å². The average Bonchev–Trinajstić information content (AvgIpc) is 3.40. The molecule has 0 radical (unpaired) electrons. The minimum absolute atomic E-state index is 0.102. The van der Waals surface area contributed by atoms with E-state index in [2.05, 4.69) is 17.4 Å². The van der Waals surface area contributed by atoms with Gasteiger partial charge < -0.3 is 5.32 Å². The number of sulfonamides is 1. The van der Waals surface area contributed by atoms with Crippen molar-refractivity contribution in [1.29, 1.82) is 0 Å². The number of thiophene rings is 1. The zero-order valence-corrected chi connectivity index (χ0v) is 20.4. The van der Waals surface area contributed by atoms with Crippen LogP contribution in [-0.4, -0.2) is 20.9 Å². The van der Waals surface area contributed by atoms with Crippen molar-refractivity contribution in [2.45, 2.75) is 14.9 Å². The molecule has 0 bridgehead atoms. The summed E-state index contributed by atoms with van der Waals surface area (Å²) in [4.78, 5) is 14.0. The zero-order chi connectivity index (χ0) is 24.0. The summed E-state index contributed by atoms with van der Waals surface area (Å²) in [7, 11) is -3.99. The number of hydrogen-bond acceptors (Lipinski definition) is 5. The average molecular weight is 513 g/mol. The van der Waals surface area contributed by atoms with Gasteiger partial charge in [0.15, 0.2) is 0 Å². The molecular weight excluding hydrogens is 491 g/mol. The molecule has 0 atom stereocenters. The van der Waals surface area contributed by atoms with Gasteiger partial charge in [-0.05, 0) is 65.5 Å². The maximum atomic E-state index is 13.4. The van der Waals surface area contributed by atoms with Gasteiger partial charge in [-0.3, -0.25) is 9.10 Å². The Morgan fingerprint density at radius 3 is 2.26 bits per heavy atom. The van der Waals surface area contributed by atoms with Crippen molar-refractivity contribution in [3.8, 4) is 0 Å². The highest BCUT2D eigenvalue weighted by molar-refractivity contribution is 7.98. The van der Waals surface area contributed by atoms with Crippen molar-refractivity contribution in [3.05, 3.63) is 108 Å². The van der Waals surface area contributed by atoms with Crippen LogP contribution >= 0.6 is 23.1 Å². The summed E-state index contributed by atoms with van der Waals surface area (Å²) in [5, 5.41) is 4.40. The van der Waals surface area contributed by atoms with Crippen molar-refractivity contribution in [1.82, 2.24) is 0 Å². The van der Waals surface area contributed by atoms with Gasteiger partial charge in [0, 0.05) is 16.3 Å². The molecule has 4 rings (SSSR count). The van der Waals surface area contributed by atoms with Crippen molar-refractivity contribution in [2.24, 2.45) is 0 Å². The van der Waals surface area contributed by atoms with Gasteiger partial charge in [-0.2, -0.15) is 0 Å². The van der Waals surface area contributed by atoms with Crippen LogP contribution in [0.2, 0.25) is 0 Å². The fourth-order valence-electron chi connectivity index (χ4n) is 3.14. The molecule has 0 fully saturated rings. The second kappa shape index (κ2) is 10.9. The Labute approximate surface area is 206 Å². The molecule has 0 unspecified atom stereocenters. The Hall–Kier alpha value is -3.14. The maximum absolute atomic E-state index is 13.4. The Morgan fingerprint density at radius 2 is 1.62 bits per heavy atom. The lowest BCUT2D eigenvalue weighted by Gasteiger charge is -2.23. The molecule has 34 heavy (non-hydrogen) atoms. The summed E-state index contributed by atoms with van der Waals surface area (Å²) in [6.07, 6.45) is 0. The predicted molar refractivity (Wildman–Crippen MR) is 136 cm³/mol. The first-order chi connectivity index (χ1) is 16.4. The first kappa shape index (κ1) is 24.0. The van der Waals surface area contributed by atoms with E-state index in [0.29, 0.717) is 5.69 Å². The van der Waals surface area contributed by atoms with E-state index in [4.69, 9.17) is 0 Å². The summed E-state index contributed by atoms with van der Waals surface area (Å²) in [5.74, 6) is -0.210. The fourth-order valence-corrected chi connectivity index (χ4v) is 6.54. The molecule has 0 aliphatic heterocycles. The summed E-state index contributed by atoms with van der Waals surface area (Å²) in [6, 6.07) is 25.6. The zero-order valence-electron chi connectivity index (χ0n) is 17.9. The molecule has 0 saturated heterocycles. The first-order valence-electron chi connectivity index (χ1n) is 10.3. The van der Waals surface area contributed by atoms with Crippen molar-refractivity contribution in [2.75, 3.05) is 16.2 Å². The second-order valence-corrected chi connectivity index (χ2v) is 11.4. The topological polar surface area (TPSA) is 66.5 Å². The molecule has 1 aromatic heterocycles. The van der Waals surface area contributed by atoms with Crippen LogP contribution in [0.4, 0.5) is 15.8 Å². The highest BCUT2D eigenvalue weighted by Crippen LogP contribution is 2.27. The van der Waals surface area contributed by atoms with Crippen LogP contribution in [0.15, 0.2) is 105 Å². The molecule has 5 nitrogen and oxygen atoms in total. The number of carbonyl (C=O) groups is 1. The van der Waals surface area contributed by atoms with Crippen LogP contribution in [0, 0.1) is 5.82 Å². The fraction of sp³-hybridized carbons (Fsp3) is 0.0800. The van der Waals surface area contributed by atoms with Gasteiger partial charge in [0.2, 0.25) is 5.91 Å². The van der Waals surface area contributed by atoms with Gasteiger partial charge in [-0.15, -0.1) is 23.1 Å². The number of halogens is 1. The molecule has 4 aromatic rings. The molecule has 0 aliphatic carbocycles. The van der Waals surface area contributed by atoms with E-state index < -0.39 is 28.3 Å². The standard InChI is InChI=1S/C25H21FN2O3S3/c26-20-10-14-22(15-11-20)28(34(30,31)25-7-4-16-32-25)17-24(29)27-21-12-8-19(9-13-21)18-33-23-5-2-1-3-6-23/h1-16H,17-18H2,(H,27,29). The predicted octanol–water partition coefficient (Wildman–Crippen LogP) is 6.01. The van der Waals surface area contributed by atoms with Gasteiger partial charge in [-0.25, -0.2) is 12.8 Å². The molecule has 0 aliphatic rings. The number of rotatable bonds is 9. The van der Waals surface area contributed by atoms with E-state index in [1.807, 2.05) is 30.3 Å². The van der Waals surface area contributed by atoms with E-state index >= 15 is 0 Å². The highest BCUT2D eigenvalue weighted by atomic mass is 32.2. The van der Waals surface area contributed by atoms with Gasteiger partial charge >= 0.3 is 0 Å². The van der Waals surface area contributed by atoms with E-state index in [0.717, 1.165) is 39.1 Å². The van der Waals surface area contributed by atoms with Crippen LogP contribution in [-0.2, 0) is 20.6 Å². The summed E-state index contributed by atoms with van der Waals surface area (Å²) >= 11 is 2.77. The Morgan fingerprint density at radius 1 is 0.912 bits per heavy atom. The number of benzene rings is 3. The van der Waals surface area contributed by atoms with E-state index in [1.165, 1.54) is 23.1 Å². The quantitative estimate of drug-likeness (QED) is 0.279. The smallest absolute Gasteiger partial charge is 0.274 e. The normalized spacial score (nSPS) is 11.2. The lowest BCUT2D eigenvalue weighted by Crippen LogP contribution is -2.37. The SMILES string of the molecule is O=C(CN(c1ccc(F)cc1)S(=O)(=O)c1cccs1)Nc1ccc(CSc2ccccc2)cc1. The number of carbonyl (C=O) groups excluding carboxylic acids is 1. The largest absolute Gasteiger partial charge is 0.325 e. The van der Waals surface area contributed by atoms with Crippen molar-refractivity contribution < 1.29 is 17.6 Å². The maximum Gasteiger partial charge on any atom is 0.274 e. The number of anilines is 2. The van der Waals surface area contributed by atoms with Crippen LogP contribution in [0.3, 0.4) is 0 Å². The molecule has 1 N–H and O–H groups in total. The molecule has 1 amide bonds. The third-order valence-corrected chi connectivity index (χ3v) is 9.06. The molecular formula is C25H21FN2O3S3. The van der Waals surface area contributed by atoms with Crippen LogP contribution in [0.1, 0.15) is 5.56 Å². The minimum Gasteiger partial charge on any atom is -0.325 e. The summed E-state index contributed by atoms with van der Waals surface area (Å²) < 4.78 is 40.8. The number of thioether (sulfide) groups is 1. The lowest BCUT2D eigenvalue weighted by atomic mass is 10.2. The molecule has 9 heteroatoms. The second-order valence-electron chi connectivity index (χ2n) is 7.27. The molecule has 0 saturated carbocycles. The number of hydrogen-bond donors (Lipinski definition) is 1. The van der Waals surface area contributed by atoms with Crippen LogP contribution in [0.25, 0.3) is 0 Å². The molecule has 174 valence electrons. The van der Waals surface area contributed by atoms with E-state index in [-0.39, 0.29) is 9.90 Å². The van der Waals surface area contributed by atoms with Gasteiger partial charge in [0.1, 0.15) is 16.6 Å². The highest BCUT2D eigenvalue weighted by Gasteiger charge is 2.28. The van der Waals surface area contributed by atoms with E-state index in [9.17, 15) is 17.6 Å². The van der Waals surface area contributed by atoms with Crippen LogP contribution in [0.5, 0.6) is 0 Å². The lowest BCUT2D eigenvalue weighted by molar-refractivity contribution is -0.114. The number of amides is 1. The van der Waals surface area contributed by atoms with Gasteiger partial charge in [0.25, 0.3) is 10.0 Å². The minimum atomic E-state index is -3.99. The monoisotopic (exact) mass is 512 g/mol. The summed E-state index contributed by atoms with van der Waals surface area (Å²) in [5.41, 5.74) is 1.87. The Bertz CT molecular complexity index is 1330. The van der Waals surface area contributed by atoms with Gasteiger partial charge in [-0.1, -0.05) is 36.4 Å². The van der Waals surface area contributed by atoms with Gasteiger partial charge in [0.05, 0.1) is 5.69 Å². The third kappa shape index (κ3) is 6.05. The molecule has 0 spiro atoms. The Balaban J connectivity index is 1.45. The first-order valence-corrected chi connectivity index (χ1v) is 13.6. The van der Waals surface area contributed by atoms with Crippen molar-refractivity contribution in [3.63, 3.8) is 0 Å². The number of nitrogens with zero attached hydrogens (tertiary/aromatic N) is 1. The third-order valence-electron chi connectivity index (χ3n) is 4.83. The number of nitrogens with one attached hydrogen (secondary N) is 1. The molecule has 3 aromatic carbocycles.